The van der Waals surface area contributed by atoms with E-state index in [2.05, 4.69) is 26.6 Å². The molecule has 1 aliphatic rings. The van der Waals surface area contributed by atoms with Crippen LogP contribution >= 0.6 is 15.9 Å². The molecule has 3 rings (SSSR count). The normalized spacial score (nSPS) is 15.1. The van der Waals surface area contributed by atoms with E-state index in [1.54, 1.807) is 7.11 Å². The van der Waals surface area contributed by atoms with Crippen molar-refractivity contribution in [2.45, 2.75) is 64.5 Å². The van der Waals surface area contributed by atoms with Gasteiger partial charge in [0, 0.05) is 22.7 Å². The Labute approximate surface area is 194 Å². The first-order chi connectivity index (χ1) is 15.0. The Morgan fingerprint density at radius 3 is 2.39 bits per heavy atom. The first-order valence-electron chi connectivity index (χ1n) is 11.1. The van der Waals surface area contributed by atoms with Crippen molar-refractivity contribution in [1.82, 2.24) is 5.32 Å². The largest absolute Gasteiger partial charge is 0.493 e. The highest BCUT2D eigenvalue weighted by atomic mass is 79.9. The highest BCUT2D eigenvalue weighted by molar-refractivity contribution is 9.10. The molecule has 168 valence electrons. The van der Waals surface area contributed by atoms with Gasteiger partial charge in [0.15, 0.2) is 18.1 Å². The van der Waals surface area contributed by atoms with E-state index in [0.29, 0.717) is 17.5 Å². The second kappa shape index (κ2) is 12.1. The summed E-state index contributed by atoms with van der Waals surface area (Å²) < 4.78 is 12.2. The molecule has 0 unspecified atom stereocenters. The van der Waals surface area contributed by atoms with Gasteiger partial charge in [-0.05, 0) is 49.6 Å². The van der Waals surface area contributed by atoms with Crippen LogP contribution in [0.5, 0.6) is 11.5 Å². The van der Waals surface area contributed by atoms with Crippen molar-refractivity contribution in [3.05, 3.63) is 52.0 Å². The fraction of sp³-hybridized carbons (Fsp3) is 0.480. The van der Waals surface area contributed by atoms with Crippen LogP contribution in [-0.2, 0) is 11.3 Å². The van der Waals surface area contributed by atoms with Crippen molar-refractivity contribution in [2.75, 3.05) is 19.0 Å². The SMILES string of the molecule is COc1cc(CNC2CCCCCCC2)c(Br)cc1OCC(=O)Nc1ccc(C)cc1. The maximum Gasteiger partial charge on any atom is 0.262 e. The lowest BCUT2D eigenvalue weighted by atomic mass is 9.96. The Bertz CT molecular complexity index is 847. The van der Waals surface area contributed by atoms with Gasteiger partial charge in [0.25, 0.3) is 5.91 Å². The quantitative estimate of drug-likeness (QED) is 0.479. The minimum absolute atomic E-state index is 0.0870. The third kappa shape index (κ3) is 7.54. The molecule has 31 heavy (non-hydrogen) atoms. The maximum absolute atomic E-state index is 12.3. The minimum atomic E-state index is -0.211. The molecule has 2 N–H and O–H groups in total. The van der Waals surface area contributed by atoms with Gasteiger partial charge in [-0.1, -0.05) is 65.7 Å². The molecule has 0 aliphatic heterocycles. The number of anilines is 1. The molecule has 5 nitrogen and oxygen atoms in total. The van der Waals surface area contributed by atoms with Gasteiger partial charge in [-0.2, -0.15) is 0 Å². The second-order valence-corrected chi connectivity index (χ2v) is 9.07. The third-order valence-corrected chi connectivity index (χ3v) is 6.45. The maximum atomic E-state index is 12.3. The lowest BCUT2D eigenvalue weighted by Gasteiger charge is -2.22. The zero-order valence-electron chi connectivity index (χ0n) is 18.5. The number of carbonyl (C=O) groups is 1. The molecular weight excluding hydrogens is 456 g/mol. The van der Waals surface area contributed by atoms with E-state index in [9.17, 15) is 4.79 Å². The van der Waals surface area contributed by atoms with Crippen LogP contribution in [0.15, 0.2) is 40.9 Å². The molecule has 6 heteroatoms. The summed E-state index contributed by atoms with van der Waals surface area (Å²) in [6.07, 6.45) is 9.16. The number of nitrogens with one attached hydrogen (secondary N) is 2. The molecule has 0 bridgehead atoms. The summed E-state index contributed by atoms with van der Waals surface area (Å²) in [5, 5.41) is 6.55. The van der Waals surface area contributed by atoms with Crippen LogP contribution < -0.4 is 20.1 Å². The summed E-state index contributed by atoms with van der Waals surface area (Å²) in [6, 6.07) is 12.1. The van der Waals surface area contributed by atoms with Crippen LogP contribution in [0.25, 0.3) is 0 Å². The fourth-order valence-corrected chi connectivity index (χ4v) is 4.34. The molecule has 1 amide bonds. The molecule has 0 spiro atoms. The van der Waals surface area contributed by atoms with Crippen LogP contribution in [0.4, 0.5) is 5.69 Å². The molecule has 0 heterocycles. The van der Waals surface area contributed by atoms with E-state index in [1.165, 1.54) is 44.9 Å². The van der Waals surface area contributed by atoms with Crippen molar-refractivity contribution < 1.29 is 14.3 Å². The average molecular weight is 489 g/mol. The fourth-order valence-electron chi connectivity index (χ4n) is 3.88. The van der Waals surface area contributed by atoms with Gasteiger partial charge in [-0.15, -0.1) is 0 Å². The van der Waals surface area contributed by atoms with E-state index >= 15 is 0 Å². The Morgan fingerprint density at radius 1 is 1.03 bits per heavy atom. The first-order valence-corrected chi connectivity index (χ1v) is 11.9. The van der Waals surface area contributed by atoms with Gasteiger partial charge < -0.3 is 20.1 Å². The van der Waals surface area contributed by atoms with Crippen molar-refractivity contribution in [3.63, 3.8) is 0 Å². The molecule has 1 saturated carbocycles. The number of hydrogen-bond acceptors (Lipinski definition) is 4. The second-order valence-electron chi connectivity index (χ2n) is 8.22. The number of aryl methyl sites for hydroxylation is 1. The van der Waals surface area contributed by atoms with Crippen molar-refractivity contribution in [1.29, 1.82) is 0 Å². The van der Waals surface area contributed by atoms with Gasteiger partial charge in [-0.25, -0.2) is 0 Å². The molecule has 2 aromatic rings. The van der Waals surface area contributed by atoms with Crippen molar-refractivity contribution in [3.8, 4) is 11.5 Å². The summed E-state index contributed by atoms with van der Waals surface area (Å²) in [6.45, 7) is 2.70. The first kappa shape index (κ1) is 23.6. The molecule has 1 fully saturated rings. The summed E-state index contributed by atoms with van der Waals surface area (Å²) >= 11 is 3.65. The van der Waals surface area contributed by atoms with Crippen LogP contribution in [0, 0.1) is 6.92 Å². The van der Waals surface area contributed by atoms with Crippen LogP contribution in [0.2, 0.25) is 0 Å². The Morgan fingerprint density at radius 2 is 1.71 bits per heavy atom. The molecule has 1 aliphatic carbocycles. The lowest BCUT2D eigenvalue weighted by Crippen LogP contribution is -2.29. The number of benzene rings is 2. The summed E-state index contributed by atoms with van der Waals surface area (Å²) in [4.78, 5) is 12.3. The van der Waals surface area contributed by atoms with Gasteiger partial charge in [0.1, 0.15) is 0 Å². The molecule has 0 atom stereocenters. The highest BCUT2D eigenvalue weighted by Gasteiger charge is 2.15. The van der Waals surface area contributed by atoms with Gasteiger partial charge in [0.05, 0.1) is 7.11 Å². The number of amides is 1. The average Bonchev–Trinajstić information content (AvgIpc) is 2.74. The summed E-state index contributed by atoms with van der Waals surface area (Å²) in [5.41, 5.74) is 3.02. The van der Waals surface area contributed by atoms with Crippen molar-refractivity contribution >= 4 is 27.5 Å². The van der Waals surface area contributed by atoms with E-state index < -0.39 is 0 Å². The number of carbonyl (C=O) groups excluding carboxylic acids is 1. The molecule has 2 aromatic carbocycles. The number of rotatable bonds is 8. The third-order valence-electron chi connectivity index (χ3n) is 5.71. The predicted molar refractivity (Wildman–Crippen MR) is 129 cm³/mol. The molecule has 0 aromatic heterocycles. The zero-order valence-corrected chi connectivity index (χ0v) is 20.1. The van der Waals surface area contributed by atoms with Gasteiger partial charge >= 0.3 is 0 Å². The number of ether oxygens (including phenoxy) is 2. The summed E-state index contributed by atoms with van der Waals surface area (Å²) in [7, 11) is 1.62. The van der Waals surface area contributed by atoms with E-state index in [0.717, 1.165) is 27.8 Å². The molecular formula is C25H33BrN2O3. The number of hydrogen-bond donors (Lipinski definition) is 2. The van der Waals surface area contributed by atoms with Crippen molar-refractivity contribution in [2.24, 2.45) is 0 Å². The standard InChI is InChI=1S/C25H33BrN2O3/c1-18-10-12-21(13-11-18)28-25(29)17-31-24-15-22(26)19(14-23(24)30-2)16-27-20-8-6-4-3-5-7-9-20/h10-15,20,27H,3-9,16-17H2,1-2H3,(H,28,29). The zero-order chi connectivity index (χ0) is 22.1. The monoisotopic (exact) mass is 488 g/mol. The van der Waals surface area contributed by atoms with Gasteiger partial charge in [0.2, 0.25) is 0 Å². The number of halogens is 1. The predicted octanol–water partition coefficient (Wildman–Crippen LogP) is 5.99. The Balaban J connectivity index is 1.56. The number of methoxy groups -OCH3 is 1. The van der Waals surface area contributed by atoms with Crippen LogP contribution in [-0.4, -0.2) is 25.7 Å². The minimum Gasteiger partial charge on any atom is -0.493 e. The van der Waals surface area contributed by atoms with E-state index in [4.69, 9.17) is 9.47 Å². The van der Waals surface area contributed by atoms with Crippen LogP contribution in [0.1, 0.15) is 56.1 Å². The Kier molecular flexibility index (Phi) is 9.22. The topological polar surface area (TPSA) is 59.6 Å². The van der Waals surface area contributed by atoms with Gasteiger partial charge in [-0.3, -0.25) is 4.79 Å². The summed E-state index contributed by atoms with van der Waals surface area (Å²) in [5.74, 6) is 0.959. The molecule has 0 radical (unpaired) electrons. The Hall–Kier alpha value is -2.05. The van der Waals surface area contributed by atoms with Crippen LogP contribution in [0.3, 0.4) is 0 Å². The molecule has 0 saturated heterocycles. The lowest BCUT2D eigenvalue weighted by molar-refractivity contribution is -0.118. The highest BCUT2D eigenvalue weighted by Crippen LogP contribution is 2.34. The smallest absolute Gasteiger partial charge is 0.262 e. The van der Waals surface area contributed by atoms with E-state index in [-0.39, 0.29) is 12.5 Å². The van der Waals surface area contributed by atoms with E-state index in [1.807, 2.05) is 43.3 Å².